The predicted octanol–water partition coefficient (Wildman–Crippen LogP) is 3.48. The molecule has 21 heavy (non-hydrogen) atoms. The van der Waals surface area contributed by atoms with Crippen LogP contribution in [0.4, 0.5) is 5.69 Å². The SMILES string of the molecule is Cc1ccc(C(C)Nc2ccc(OCCC(N)=O)cc2)s1. The van der Waals surface area contributed by atoms with Gasteiger partial charge in [-0.15, -0.1) is 11.3 Å². The van der Waals surface area contributed by atoms with Gasteiger partial charge in [-0.3, -0.25) is 4.79 Å². The van der Waals surface area contributed by atoms with E-state index in [1.165, 1.54) is 9.75 Å². The third-order valence-corrected chi connectivity index (χ3v) is 4.23. The Morgan fingerprint density at radius 3 is 2.57 bits per heavy atom. The standard InChI is InChI=1S/C16H20N2O2S/c1-11-3-8-15(21-11)12(2)18-13-4-6-14(7-5-13)20-10-9-16(17)19/h3-8,12,18H,9-10H2,1-2H3,(H2,17,19). The van der Waals surface area contributed by atoms with Gasteiger partial charge in [-0.05, 0) is 50.2 Å². The van der Waals surface area contributed by atoms with Crippen molar-refractivity contribution in [3.8, 4) is 5.75 Å². The Kier molecular flexibility index (Phi) is 5.22. The average molecular weight is 304 g/mol. The van der Waals surface area contributed by atoms with Crippen molar-refractivity contribution in [1.82, 2.24) is 0 Å². The first-order valence-corrected chi connectivity index (χ1v) is 7.70. The maximum absolute atomic E-state index is 10.6. The van der Waals surface area contributed by atoms with Gasteiger partial charge >= 0.3 is 0 Å². The van der Waals surface area contributed by atoms with E-state index in [0.29, 0.717) is 6.61 Å². The van der Waals surface area contributed by atoms with E-state index in [9.17, 15) is 4.79 Å². The van der Waals surface area contributed by atoms with E-state index in [1.54, 1.807) is 11.3 Å². The molecule has 0 fully saturated rings. The highest BCUT2D eigenvalue weighted by molar-refractivity contribution is 7.12. The lowest BCUT2D eigenvalue weighted by atomic mass is 10.2. The molecule has 1 atom stereocenters. The van der Waals surface area contributed by atoms with Crippen molar-refractivity contribution in [3.63, 3.8) is 0 Å². The van der Waals surface area contributed by atoms with Crippen molar-refractivity contribution in [2.75, 3.05) is 11.9 Å². The zero-order valence-corrected chi connectivity index (χ0v) is 13.1. The fourth-order valence-electron chi connectivity index (χ4n) is 1.92. The second-order valence-electron chi connectivity index (χ2n) is 4.90. The molecule has 0 saturated carbocycles. The maximum Gasteiger partial charge on any atom is 0.220 e. The molecule has 0 aliphatic rings. The molecule has 0 radical (unpaired) electrons. The van der Waals surface area contributed by atoms with Crippen LogP contribution >= 0.6 is 11.3 Å². The van der Waals surface area contributed by atoms with Crippen molar-refractivity contribution in [2.45, 2.75) is 26.3 Å². The Morgan fingerprint density at radius 2 is 2.00 bits per heavy atom. The molecule has 0 bridgehead atoms. The van der Waals surface area contributed by atoms with Crippen LogP contribution in [0.15, 0.2) is 36.4 Å². The zero-order chi connectivity index (χ0) is 15.2. The molecule has 1 amide bonds. The van der Waals surface area contributed by atoms with Crippen molar-refractivity contribution in [3.05, 3.63) is 46.2 Å². The summed E-state index contributed by atoms with van der Waals surface area (Å²) in [5, 5.41) is 3.45. The lowest BCUT2D eigenvalue weighted by molar-refractivity contribution is -0.118. The van der Waals surface area contributed by atoms with Crippen LogP contribution in [0, 0.1) is 6.92 Å². The third kappa shape index (κ3) is 4.79. The molecule has 1 unspecified atom stereocenters. The lowest BCUT2D eigenvalue weighted by Crippen LogP contribution is -2.14. The molecule has 4 nitrogen and oxygen atoms in total. The normalized spacial score (nSPS) is 11.9. The molecule has 5 heteroatoms. The smallest absolute Gasteiger partial charge is 0.220 e. The Labute approximate surface area is 128 Å². The third-order valence-electron chi connectivity index (χ3n) is 3.04. The maximum atomic E-state index is 10.6. The second kappa shape index (κ2) is 7.13. The molecule has 0 saturated heterocycles. The Morgan fingerprint density at radius 1 is 1.29 bits per heavy atom. The van der Waals surface area contributed by atoms with Gasteiger partial charge in [0.2, 0.25) is 5.91 Å². The highest BCUT2D eigenvalue weighted by Crippen LogP contribution is 2.26. The summed E-state index contributed by atoms with van der Waals surface area (Å²) in [7, 11) is 0. The van der Waals surface area contributed by atoms with Gasteiger partial charge in [0.25, 0.3) is 0 Å². The Balaban J connectivity index is 1.88. The summed E-state index contributed by atoms with van der Waals surface area (Å²) in [5.74, 6) is 0.384. The van der Waals surface area contributed by atoms with Crippen molar-refractivity contribution >= 4 is 22.9 Å². The zero-order valence-electron chi connectivity index (χ0n) is 12.3. The first kappa shape index (κ1) is 15.4. The minimum absolute atomic E-state index is 0.231. The summed E-state index contributed by atoms with van der Waals surface area (Å²) in [4.78, 5) is 13.3. The molecular formula is C16H20N2O2S. The average Bonchev–Trinajstić information content (AvgIpc) is 2.87. The van der Waals surface area contributed by atoms with Gasteiger partial charge in [-0.25, -0.2) is 0 Å². The van der Waals surface area contributed by atoms with E-state index < -0.39 is 0 Å². The topological polar surface area (TPSA) is 64.3 Å². The van der Waals surface area contributed by atoms with Crippen LogP contribution in [0.3, 0.4) is 0 Å². The molecule has 3 N–H and O–H groups in total. The highest BCUT2D eigenvalue weighted by Gasteiger charge is 2.07. The fraction of sp³-hybridized carbons (Fsp3) is 0.312. The van der Waals surface area contributed by atoms with Crippen LogP contribution in [-0.2, 0) is 4.79 Å². The number of anilines is 1. The van der Waals surface area contributed by atoms with Crippen molar-refractivity contribution < 1.29 is 9.53 Å². The summed E-state index contributed by atoms with van der Waals surface area (Å²) >= 11 is 1.80. The van der Waals surface area contributed by atoms with Gasteiger partial charge in [0.05, 0.1) is 19.1 Å². The molecule has 112 valence electrons. The number of hydrogen-bond donors (Lipinski definition) is 2. The second-order valence-corrected chi connectivity index (χ2v) is 6.22. The number of carbonyl (C=O) groups is 1. The van der Waals surface area contributed by atoms with E-state index in [1.807, 2.05) is 24.3 Å². The van der Waals surface area contributed by atoms with Gasteiger partial charge < -0.3 is 15.8 Å². The molecule has 1 heterocycles. The van der Waals surface area contributed by atoms with Crippen LogP contribution < -0.4 is 15.8 Å². The van der Waals surface area contributed by atoms with Gasteiger partial charge in [0.1, 0.15) is 5.75 Å². The summed E-state index contributed by atoms with van der Waals surface area (Å²) < 4.78 is 5.44. The molecule has 2 aromatic rings. The van der Waals surface area contributed by atoms with Gasteiger partial charge in [-0.1, -0.05) is 0 Å². The van der Waals surface area contributed by atoms with E-state index in [-0.39, 0.29) is 18.4 Å². The van der Waals surface area contributed by atoms with E-state index in [4.69, 9.17) is 10.5 Å². The lowest BCUT2D eigenvalue weighted by Gasteiger charge is -2.14. The van der Waals surface area contributed by atoms with Crippen LogP contribution in [0.2, 0.25) is 0 Å². The summed E-state index contributed by atoms with van der Waals surface area (Å²) in [5.41, 5.74) is 6.10. The van der Waals surface area contributed by atoms with Gasteiger partial charge in [-0.2, -0.15) is 0 Å². The number of aryl methyl sites for hydroxylation is 1. The monoisotopic (exact) mass is 304 g/mol. The van der Waals surface area contributed by atoms with Crippen molar-refractivity contribution in [1.29, 1.82) is 0 Å². The van der Waals surface area contributed by atoms with Gasteiger partial charge in [0, 0.05) is 15.4 Å². The molecule has 1 aromatic carbocycles. The first-order valence-electron chi connectivity index (χ1n) is 6.88. The minimum Gasteiger partial charge on any atom is -0.493 e. The molecule has 0 aliphatic heterocycles. The summed E-state index contributed by atoms with van der Waals surface area (Å²) in [6, 6.07) is 12.3. The van der Waals surface area contributed by atoms with Crippen LogP contribution in [-0.4, -0.2) is 12.5 Å². The number of amides is 1. The summed E-state index contributed by atoms with van der Waals surface area (Å²) in [6.45, 7) is 4.56. The Bertz CT molecular complexity index is 593. The van der Waals surface area contributed by atoms with E-state index in [2.05, 4.69) is 31.3 Å². The molecule has 2 rings (SSSR count). The van der Waals surface area contributed by atoms with Crippen LogP contribution in [0.5, 0.6) is 5.75 Å². The number of primary amides is 1. The summed E-state index contributed by atoms with van der Waals surface area (Å²) in [6.07, 6.45) is 0.231. The molecule has 0 spiro atoms. The number of rotatable bonds is 7. The van der Waals surface area contributed by atoms with Gasteiger partial charge in [0.15, 0.2) is 0 Å². The molecule has 1 aromatic heterocycles. The number of carbonyl (C=O) groups excluding carboxylic acids is 1. The minimum atomic E-state index is -0.353. The number of nitrogens with one attached hydrogen (secondary N) is 1. The molecule has 0 aliphatic carbocycles. The molecular weight excluding hydrogens is 284 g/mol. The predicted molar refractivity (Wildman–Crippen MR) is 86.8 cm³/mol. The number of ether oxygens (including phenoxy) is 1. The van der Waals surface area contributed by atoms with E-state index in [0.717, 1.165) is 11.4 Å². The number of nitrogens with two attached hydrogens (primary N) is 1. The number of hydrogen-bond acceptors (Lipinski definition) is 4. The van der Waals surface area contributed by atoms with Crippen molar-refractivity contribution in [2.24, 2.45) is 5.73 Å². The van der Waals surface area contributed by atoms with Crippen LogP contribution in [0.1, 0.15) is 29.1 Å². The quantitative estimate of drug-likeness (QED) is 0.823. The Hall–Kier alpha value is -2.01. The fourth-order valence-corrected chi connectivity index (χ4v) is 2.80. The largest absolute Gasteiger partial charge is 0.493 e. The van der Waals surface area contributed by atoms with Crippen LogP contribution in [0.25, 0.3) is 0 Å². The number of thiophene rings is 1. The first-order chi connectivity index (χ1) is 10.0. The van der Waals surface area contributed by atoms with E-state index >= 15 is 0 Å². The number of benzene rings is 1. The highest BCUT2D eigenvalue weighted by atomic mass is 32.1.